The van der Waals surface area contributed by atoms with Crippen LogP contribution in [0.25, 0.3) is 10.9 Å². The third-order valence-corrected chi connectivity index (χ3v) is 2.87. The fraction of sp³-hybridized carbons (Fsp3) is 0.273. The van der Waals surface area contributed by atoms with Crippen molar-refractivity contribution in [2.45, 2.75) is 0 Å². The summed E-state index contributed by atoms with van der Waals surface area (Å²) >= 11 is 3.36. The minimum Gasteiger partial charge on any atom is -0.490 e. The Kier molecular flexibility index (Phi) is 3.75. The fourth-order valence-corrected chi connectivity index (χ4v) is 1.88. The first-order valence-electron chi connectivity index (χ1n) is 5.01. The van der Waals surface area contributed by atoms with E-state index < -0.39 is 0 Å². The summed E-state index contributed by atoms with van der Waals surface area (Å²) in [5, 5.41) is 7.09. The van der Waals surface area contributed by atoms with Crippen LogP contribution in [0.4, 0.5) is 0 Å². The number of aromatic nitrogens is 2. The number of nitrogens with one attached hydrogen (secondary N) is 1. The van der Waals surface area contributed by atoms with E-state index >= 15 is 0 Å². The van der Waals surface area contributed by atoms with E-state index in [2.05, 4.69) is 26.1 Å². The number of H-pyrrole nitrogens is 1. The molecular formula is C11H11BrN2O3. The van der Waals surface area contributed by atoms with Crippen LogP contribution in [0.2, 0.25) is 0 Å². The van der Waals surface area contributed by atoms with Gasteiger partial charge in [0, 0.05) is 13.2 Å². The van der Waals surface area contributed by atoms with Crippen LogP contribution in [-0.4, -0.2) is 30.5 Å². The van der Waals surface area contributed by atoms with Crippen molar-refractivity contribution in [3.63, 3.8) is 0 Å². The first kappa shape index (κ1) is 12.1. The van der Waals surface area contributed by atoms with Gasteiger partial charge >= 0.3 is 0 Å². The lowest BCUT2D eigenvalue weighted by molar-refractivity contribution is 0.146. The highest BCUT2D eigenvalue weighted by Gasteiger charge is 2.06. The Bertz CT molecular complexity index is 582. The smallest absolute Gasteiger partial charge is 0.207 e. The largest absolute Gasteiger partial charge is 0.490 e. The maximum absolute atomic E-state index is 11.5. The molecular weight excluding hydrogens is 288 g/mol. The Morgan fingerprint density at radius 3 is 3.00 bits per heavy atom. The van der Waals surface area contributed by atoms with Gasteiger partial charge in [-0.3, -0.25) is 9.89 Å². The SMILES string of the molecule is COCCOc1cc2[nH]ncc(=O)c2cc1Br. The zero-order valence-electron chi connectivity index (χ0n) is 9.20. The maximum atomic E-state index is 11.5. The molecule has 1 aromatic carbocycles. The van der Waals surface area contributed by atoms with Crippen molar-refractivity contribution in [1.29, 1.82) is 0 Å². The van der Waals surface area contributed by atoms with Gasteiger partial charge in [0.15, 0.2) is 0 Å². The Hall–Kier alpha value is -1.40. The summed E-state index contributed by atoms with van der Waals surface area (Å²) in [5.74, 6) is 0.651. The van der Waals surface area contributed by atoms with Crippen LogP contribution in [-0.2, 0) is 4.74 Å². The molecule has 90 valence electrons. The number of methoxy groups -OCH3 is 1. The van der Waals surface area contributed by atoms with Gasteiger partial charge in [-0.15, -0.1) is 0 Å². The van der Waals surface area contributed by atoms with E-state index in [1.54, 1.807) is 19.2 Å². The first-order valence-corrected chi connectivity index (χ1v) is 5.80. The molecule has 0 aliphatic carbocycles. The van der Waals surface area contributed by atoms with Crippen molar-refractivity contribution in [3.8, 4) is 5.75 Å². The number of rotatable bonds is 4. The van der Waals surface area contributed by atoms with Gasteiger partial charge in [-0.2, -0.15) is 5.10 Å². The van der Waals surface area contributed by atoms with Gasteiger partial charge in [-0.25, -0.2) is 0 Å². The van der Waals surface area contributed by atoms with Gasteiger partial charge < -0.3 is 9.47 Å². The zero-order chi connectivity index (χ0) is 12.3. The van der Waals surface area contributed by atoms with Crippen LogP contribution in [0.3, 0.4) is 0 Å². The average Bonchev–Trinajstić information content (AvgIpc) is 2.31. The standard InChI is InChI=1S/C11H11BrN2O3/c1-16-2-3-17-11-5-9-7(4-8(11)12)10(15)6-13-14-9/h4-6H,2-3H2,1H3,(H,14,15). The number of hydrogen-bond acceptors (Lipinski definition) is 4. The molecule has 1 aromatic heterocycles. The molecule has 0 aliphatic rings. The molecule has 1 N–H and O–H groups in total. The van der Waals surface area contributed by atoms with Crippen molar-refractivity contribution < 1.29 is 9.47 Å². The van der Waals surface area contributed by atoms with Crippen molar-refractivity contribution in [2.75, 3.05) is 20.3 Å². The zero-order valence-corrected chi connectivity index (χ0v) is 10.8. The lowest BCUT2D eigenvalue weighted by atomic mass is 10.2. The number of aromatic amines is 1. The molecule has 1 heterocycles. The maximum Gasteiger partial charge on any atom is 0.207 e. The molecule has 2 aromatic rings. The van der Waals surface area contributed by atoms with E-state index in [-0.39, 0.29) is 5.43 Å². The Morgan fingerprint density at radius 2 is 2.24 bits per heavy atom. The van der Waals surface area contributed by atoms with E-state index in [0.717, 1.165) is 4.47 Å². The van der Waals surface area contributed by atoms with Crippen molar-refractivity contribution in [1.82, 2.24) is 10.2 Å². The quantitative estimate of drug-likeness (QED) is 0.873. The molecule has 2 rings (SSSR count). The molecule has 0 spiro atoms. The summed E-state index contributed by atoms with van der Waals surface area (Å²) in [6.07, 6.45) is 1.25. The Balaban J connectivity index is 2.38. The number of benzene rings is 1. The molecule has 0 amide bonds. The topological polar surface area (TPSA) is 64.2 Å². The van der Waals surface area contributed by atoms with Crippen LogP contribution >= 0.6 is 15.9 Å². The molecule has 17 heavy (non-hydrogen) atoms. The highest BCUT2D eigenvalue weighted by atomic mass is 79.9. The molecule has 0 fully saturated rings. The van der Waals surface area contributed by atoms with Crippen LogP contribution in [0.5, 0.6) is 5.75 Å². The lowest BCUT2D eigenvalue weighted by Gasteiger charge is -2.08. The molecule has 0 radical (unpaired) electrons. The molecule has 0 bridgehead atoms. The van der Waals surface area contributed by atoms with Crippen molar-refractivity contribution in [3.05, 3.63) is 33.0 Å². The summed E-state index contributed by atoms with van der Waals surface area (Å²) in [6, 6.07) is 3.46. The molecule has 5 nitrogen and oxygen atoms in total. The summed E-state index contributed by atoms with van der Waals surface area (Å²) in [7, 11) is 1.61. The summed E-state index contributed by atoms with van der Waals surface area (Å²) in [6.45, 7) is 0.957. The van der Waals surface area contributed by atoms with Gasteiger partial charge in [0.25, 0.3) is 0 Å². The van der Waals surface area contributed by atoms with Crippen LogP contribution in [0.15, 0.2) is 27.6 Å². The number of hydrogen-bond donors (Lipinski definition) is 1. The molecule has 0 saturated carbocycles. The Labute approximate surface area is 106 Å². The summed E-state index contributed by atoms with van der Waals surface area (Å²) in [5.41, 5.74) is 0.524. The third-order valence-electron chi connectivity index (χ3n) is 2.25. The van der Waals surface area contributed by atoms with E-state index in [9.17, 15) is 4.79 Å². The van der Waals surface area contributed by atoms with Gasteiger partial charge in [0.05, 0.1) is 28.2 Å². The second-order valence-corrected chi connectivity index (χ2v) is 4.26. The normalized spacial score (nSPS) is 10.7. The van der Waals surface area contributed by atoms with Crippen molar-refractivity contribution in [2.24, 2.45) is 0 Å². The van der Waals surface area contributed by atoms with E-state index in [1.165, 1.54) is 6.20 Å². The second-order valence-electron chi connectivity index (χ2n) is 3.40. The number of halogens is 1. The van der Waals surface area contributed by atoms with Gasteiger partial charge in [0.2, 0.25) is 5.43 Å². The van der Waals surface area contributed by atoms with Crippen LogP contribution < -0.4 is 10.2 Å². The van der Waals surface area contributed by atoms with E-state index in [1.807, 2.05) is 0 Å². The monoisotopic (exact) mass is 298 g/mol. The van der Waals surface area contributed by atoms with Crippen molar-refractivity contribution >= 4 is 26.8 Å². The predicted molar refractivity (Wildman–Crippen MR) is 67.4 cm³/mol. The predicted octanol–water partition coefficient (Wildman–Crippen LogP) is 1.71. The van der Waals surface area contributed by atoms with E-state index in [0.29, 0.717) is 29.9 Å². The highest BCUT2D eigenvalue weighted by molar-refractivity contribution is 9.10. The van der Waals surface area contributed by atoms with E-state index in [4.69, 9.17) is 9.47 Å². The van der Waals surface area contributed by atoms with Gasteiger partial charge in [0.1, 0.15) is 12.4 Å². The molecule has 0 atom stereocenters. The number of ether oxygens (including phenoxy) is 2. The van der Waals surface area contributed by atoms with Gasteiger partial charge in [-0.05, 0) is 22.0 Å². The second kappa shape index (κ2) is 5.29. The minimum atomic E-state index is -0.122. The molecule has 6 heteroatoms. The molecule has 0 unspecified atom stereocenters. The van der Waals surface area contributed by atoms with Crippen LogP contribution in [0, 0.1) is 0 Å². The Morgan fingerprint density at radius 1 is 1.41 bits per heavy atom. The number of fused-ring (bicyclic) bond motifs is 1. The van der Waals surface area contributed by atoms with Gasteiger partial charge in [-0.1, -0.05) is 0 Å². The molecule has 0 saturated heterocycles. The molecule has 0 aliphatic heterocycles. The minimum absolute atomic E-state index is 0.122. The average molecular weight is 299 g/mol. The fourth-order valence-electron chi connectivity index (χ4n) is 1.43. The lowest BCUT2D eigenvalue weighted by Crippen LogP contribution is -2.06. The summed E-state index contributed by atoms with van der Waals surface area (Å²) in [4.78, 5) is 11.5. The number of nitrogens with zero attached hydrogens (tertiary/aromatic N) is 1. The highest BCUT2D eigenvalue weighted by Crippen LogP contribution is 2.28. The summed E-state index contributed by atoms with van der Waals surface area (Å²) < 4.78 is 11.1. The third kappa shape index (κ3) is 2.65. The first-order chi connectivity index (χ1) is 8.22. The van der Waals surface area contributed by atoms with Crippen LogP contribution in [0.1, 0.15) is 0 Å².